The Morgan fingerprint density at radius 3 is 2.70 bits per heavy atom. The van der Waals surface area contributed by atoms with Crippen LogP contribution in [0.25, 0.3) is 0 Å². The van der Waals surface area contributed by atoms with Crippen LogP contribution in [0.1, 0.15) is 5.56 Å². The van der Waals surface area contributed by atoms with E-state index >= 15 is 0 Å². The first kappa shape index (κ1) is 19.3. The quantitative estimate of drug-likeness (QED) is 0.792. The van der Waals surface area contributed by atoms with Crippen molar-refractivity contribution in [2.45, 2.75) is 5.75 Å². The number of nitrogens with zero attached hydrogens (tertiary/aromatic N) is 4. The topological polar surface area (TPSA) is 87.7 Å². The van der Waals surface area contributed by atoms with E-state index in [2.05, 4.69) is 14.7 Å². The maximum atomic E-state index is 13.3. The summed E-state index contributed by atoms with van der Waals surface area (Å²) in [4.78, 5) is 12.5. The molecule has 1 fully saturated rings. The van der Waals surface area contributed by atoms with E-state index < -0.39 is 15.8 Å². The summed E-state index contributed by atoms with van der Waals surface area (Å²) in [6.45, 7) is 2.56. The zero-order chi connectivity index (χ0) is 19.4. The van der Waals surface area contributed by atoms with Gasteiger partial charge in [-0.2, -0.15) is 4.98 Å². The predicted octanol–water partition coefficient (Wildman–Crippen LogP) is 1.46. The van der Waals surface area contributed by atoms with Gasteiger partial charge in [0.25, 0.3) is 0 Å². The second kappa shape index (κ2) is 8.05. The Balaban J connectivity index is 1.82. The van der Waals surface area contributed by atoms with Crippen molar-refractivity contribution < 1.29 is 17.5 Å². The molecule has 0 saturated carbocycles. The molecule has 0 aliphatic carbocycles. The molecule has 2 aromatic rings. The summed E-state index contributed by atoms with van der Waals surface area (Å²) in [5.41, 5.74) is 0.633. The molecule has 1 aliphatic rings. The van der Waals surface area contributed by atoms with E-state index in [1.54, 1.807) is 25.1 Å². The van der Waals surface area contributed by atoms with E-state index in [1.165, 1.54) is 24.4 Å². The minimum absolute atomic E-state index is 0.272. The number of aromatic nitrogens is 2. The zero-order valence-corrected chi connectivity index (χ0v) is 16.0. The van der Waals surface area contributed by atoms with Crippen molar-refractivity contribution in [3.8, 4) is 0 Å². The third-order valence-corrected chi connectivity index (χ3v) is 5.23. The highest BCUT2D eigenvalue weighted by Gasteiger charge is 2.20. The molecule has 10 heteroatoms. The summed E-state index contributed by atoms with van der Waals surface area (Å²) in [5.74, 6) is 0.155. The monoisotopic (exact) mass is 395 g/mol. The van der Waals surface area contributed by atoms with Crippen LogP contribution >= 0.6 is 0 Å². The number of hydrogen-bond donors (Lipinski definition) is 1. The molecule has 8 nitrogen and oxygen atoms in total. The molecule has 0 radical (unpaired) electrons. The van der Waals surface area contributed by atoms with Crippen LogP contribution in [0.2, 0.25) is 0 Å². The molecule has 1 saturated heterocycles. The molecular formula is C17H22FN5O3S. The average Bonchev–Trinajstić information content (AvgIpc) is 2.62. The molecule has 0 atom stereocenters. The Hall–Kier alpha value is -2.46. The van der Waals surface area contributed by atoms with Gasteiger partial charge >= 0.3 is 0 Å². The lowest BCUT2D eigenvalue weighted by atomic mass is 10.2. The van der Waals surface area contributed by atoms with Crippen LogP contribution in [0, 0.1) is 5.82 Å². The highest BCUT2D eigenvalue weighted by molar-refractivity contribution is 7.91. The van der Waals surface area contributed by atoms with Crippen LogP contribution in [0.3, 0.4) is 0 Å². The number of hydrogen-bond acceptors (Lipinski definition) is 7. The first-order valence-electron chi connectivity index (χ1n) is 8.46. The van der Waals surface area contributed by atoms with Crippen molar-refractivity contribution in [2.24, 2.45) is 0 Å². The summed E-state index contributed by atoms with van der Waals surface area (Å²) >= 11 is 0. The van der Waals surface area contributed by atoms with Gasteiger partial charge in [0, 0.05) is 27.2 Å². The van der Waals surface area contributed by atoms with E-state index in [-0.39, 0.29) is 11.4 Å². The zero-order valence-electron chi connectivity index (χ0n) is 15.2. The maximum absolute atomic E-state index is 13.3. The average molecular weight is 395 g/mol. The molecule has 0 spiro atoms. The molecule has 146 valence electrons. The van der Waals surface area contributed by atoms with Crippen LogP contribution < -0.4 is 14.5 Å². The van der Waals surface area contributed by atoms with Gasteiger partial charge in [-0.25, -0.2) is 17.8 Å². The lowest BCUT2D eigenvalue weighted by Crippen LogP contribution is -2.37. The van der Waals surface area contributed by atoms with Gasteiger partial charge in [-0.05, 0) is 17.7 Å². The van der Waals surface area contributed by atoms with E-state index in [0.717, 1.165) is 0 Å². The number of ether oxygens (including phenoxy) is 1. The summed E-state index contributed by atoms with van der Waals surface area (Å²) in [6, 6.07) is 5.51. The SMILES string of the molecule is CN(C)c1nc(N2CCOCC2)ncc1NS(=O)(=O)Cc1cccc(F)c1. The largest absolute Gasteiger partial charge is 0.378 e. The Morgan fingerprint density at radius 1 is 1.30 bits per heavy atom. The number of halogens is 1. The first-order valence-corrected chi connectivity index (χ1v) is 10.1. The van der Waals surface area contributed by atoms with Crippen molar-refractivity contribution >= 4 is 27.5 Å². The number of anilines is 3. The second-order valence-electron chi connectivity index (χ2n) is 6.39. The second-order valence-corrected chi connectivity index (χ2v) is 8.11. The summed E-state index contributed by atoms with van der Waals surface area (Å²) < 4.78 is 46.2. The van der Waals surface area contributed by atoms with Crippen molar-refractivity contribution in [1.29, 1.82) is 0 Å². The molecular weight excluding hydrogens is 373 g/mol. The summed E-state index contributed by atoms with van der Waals surface area (Å²) in [5, 5.41) is 0. The van der Waals surface area contributed by atoms with Crippen LogP contribution in [0.5, 0.6) is 0 Å². The molecule has 27 heavy (non-hydrogen) atoms. The van der Waals surface area contributed by atoms with Crippen molar-refractivity contribution in [3.63, 3.8) is 0 Å². The Labute approximate surface area is 158 Å². The molecule has 3 rings (SSSR count). The summed E-state index contributed by atoms with van der Waals surface area (Å²) in [7, 11) is -0.208. The highest BCUT2D eigenvalue weighted by atomic mass is 32.2. The van der Waals surface area contributed by atoms with Crippen LogP contribution in [0.15, 0.2) is 30.5 Å². The number of sulfonamides is 1. The molecule has 1 aliphatic heterocycles. The molecule has 2 heterocycles. The highest BCUT2D eigenvalue weighted by Crippen LogP contribution is 2.25. The third kappa shape index (κ3) is 5.04. The van der Waals surface area contributed by atoms with Crippen LogP contribution in [-0.4, -0.2) is 58.8 Å². The Bertz CT molecular complexity index is 901. The number of nitrogens with one attached hydrogen (secondary N) is 1. The fourth-order valence-electron chi connectivity index (χ4n) is 2.74. The van der Waals surface area contributed by atoms with E-state index in [9.17, 15) is 12.8 Å². The summed E-state index contributed by atoms with van der Waals surface area (Å²) in [6.07, 6.45) is 1.45. The fraction of sp³-hybridized carbons (Fsp3) is 0.412. The lowest BCUT2D eigenvalue weighted by Gasteiger charge is -2.28. The van der Waals surface area contributed by atoms with Gasteiger partial charge in [0.2, 0.25) is 16.0 Å². The Morgan fingerprint density at radius 2 is 2.04 bits per heavy atom. The van der Waals surface area contributed by atoms with Gasteiger partial charge in [0.15, 0.2) is 5.82 Å². The minimum atomic E-state index is -3.76. The molecule has 0 bridgehead atoms. The molecule has 1 N–H and O–H groups in total. The third-order valence-electron chi connectivity index (χ3n) is 3.98. The number of morpholine rings is 1. The molecule has 0 unspecified atom stereocenters. The fourth-order valence-corrected chi connectivity index (χ4v) is 3.91. The van der Waals surface area contributed by atoms with E-state index in [1.807, 2.05) is 4.90 Å². The van der Waals surface area contributed by atoms with Gasteiger partial charge in [0.1, 0.15) is 11.5 Å². The molecule has 1 aromatic carbocycles. The van der Waals surface area contributed by atoms with Gasteiger partial charge in [-0.15, -0.1) is 0 Å². The van der Waals surface area contributed by atoms with Crippen molar-refractivity contribution in [3.05, 3.63) is 41.8 Å². The van der Waals surface area contributed by atoms with Gasteiger partial charge < -0.3 is 14.5 Å². The number of benzene rings is 1. The van der Waals surface area contributed by atoms with Crippen LogP contribution in [0.4, 0.5) is 21.8 Å². The smallest absolute Gasteiger partial charge is 0.237 e. The van der Waals surface area contributed by atoms with Gasteiger partial charge in [-0.1, -0.05) is 12.1 Å². The standard InChI is InChI=1S/C17H22FN5O3S/c1-22(2)16-15(11-19-17(20-16)23-6-8-26-9-7-23)21-27(24,25)12-13-4-3-5-14(18)10-13/h3-5,10-11,21H,6-9,12H2,1-2H3. The van der Waals surface area contributed by atoms with E-state index in [4.69, 9.17) is 4.74 Å². The lowest BCUT2D eigenvalue weighted by molar-refractivity contribution is 0.122. The maximum Gasteiger partial charge on any atom is 0.237 e. The van der Waals surface area contributed by atoms with Crippen LogP contribution in [-0.2, 0) is 20.5 Å². The Kier molecular flexibility index (Phi) is 5.76. The normalized spacial score (nSPS) is 14.9. The molecule has 1 aromatic heterocycles. The van der Waals surface area contributed by atoms with Crippen molar-refractivity contribution in [2.75, 3.05) is 54.9 Å². The minimum Gasteiger partial charge on any atom is -0.378 e. The first-order chi connectivity index (χ1) is 12.8. The van der Waals surface area contributed by atoms with Gasteiger partial charge in [0.05, 0.1) is 25.2 Å². The number of rotatable bonds is 6. The predicted molar refractivity (Wildman–Crippen MR) is 102 cm³/mol. The van der Waals surface area contributed by atoms with E-state index in [0.29, 0.717) is 43.6 Å². The van der Waals surface area contributed by atoms with Gasteiger partial charge in [-0.3, -0.25) is 4.72 Å². The molecule has 0 amide bonds. The van der Waals surface area contributed by atoms with Crippen molar-refractivity contribution in [1.82, 2.24) is 9.97 Å².